The molecule has 0 amide bonds. The second kappa shape index (κ2) is 85.4. The molecule has 534 valence electrons. The Kier molecular flexibility index (Phi) is 84.7. The lowest BCUT2D eigenvalue weighted by Crippen LogP contribution is -2.29. The number of hydrogen-bond donors (Lipinski definition) is 4. The summed E-state index contributed by atoms with van der Waals surface area (Å²) in [7, 11) is 0. The maximum atomic E-state index is 10.5. The van der Waals surface area contributed by atoms with Crippen molar-refractivity contribution in [1.29, 1.82) is 0 Å². The van der Waals surface area contributed by atoms with Gasteiger partial charge >= 0.3 is 5.97 Å². The SMILES string of the molecule is CCCCCCCCCCCCCCCCCCCCCCCCCCCCCCCCCCCCCCCCCCCCCCCCCCCCCCCCCCCCCCCCCCCCCCCCCNCCCCNCCNCCCCC(=O)O. The molecule has 89 heavy (non-hydrogen) atoms. The number of aliphatic carboxylic acids is 1. The number of unbranched alkanes of at least 4 members (excludes halogenated alkanes) is 72. The molecular weight excluding hydrogens is 1080 g/mol. The van der Waals surface area contributed by atoms with E-state index < -0.39 is 5.97 Å². The molecule has 0 fully saturated rings. The monoisotopic (exact) mass is 1250 g/mol. The lowest BCUT2D eigenvalue weighted by Gasteiger charge is -2.07. The first kappa shape index (κ1) is 88.3. The molecule has 0 bridgehead atoms. The van der Waals surface area contributed by atoms with Crippen molar-refractivity contribution in [3.63, 3.8) is 0 Å². The third-order valence-corrected chi connectivity index (χ3v) is 20.4. The Balaban J connectivity index is 3.09. The molecule has 0 saturated carbocycles. The van der Waals surface area contributed by atoms with Crippen LogP contribution in [0.3, 0.4) is 0 Å². The van der Waals surface area contributed by atoms with Gasteiger partial charge in [0.05, 0.1) is 0 Å². The first-order chi connectivity index (χ1) is 44.3. The van der Waals surface area contributed by atoms with Gasteiger partial charge in [-0.3, -0.25) is 4.79 Å². The lowest BCUT2D eigenvalue weighted by atomic mass is 10.0. The van der Waals surface area contributed by atoms with Crippen LogP contribution in [0.1, 0.15) is 495 Å². The van der Waals surface area contributed by atoms with Crippen molar-refractivity contribution in [2.75, 3.05) is 39.3 Å². The van der Waals surface area contributed by atoms with Crippen molar-refractivity contribution in [2.24, 2.45) is 0 Å². The van der Waals surface area contributed by atoms with Gasteiger partial charge in [-0.05, 0) is 58.3 Å². The molecule has 0 aromatic rings. The molecule has 0 saturated heterocycles. The van der Waals surface area contributed by atoms with Crippen LogP contribution in [0.2, 0.25) is 0 Å². The summed E-state index contributed by atoms with van der Waals surface area (Å²) in [5.41, 5.74) is 0. The number of carboxylic acids is 1. The fraction of sp³-hybridized carbons (Fsp3) is 0.988. The summed E-state index contributed by atoms with van der Waals surface area (Å²) in [6.45, 7) is 8.59. The predicted octanol–water partition coefficient (Wildman–Crippen LogP) is 28.5. The summed E-state index contributed by atoms with van der Waals surface area (Å²) < 4.78 is 0. The molecule has 0 atom stereocenters. The number of hydrogen-bond acceptors (Lipinski definition) is 4. The van der Waals surface area contributed by atoms with Crippen molar-refractivity contribution in [3.05, 3.63) is 0 Å². The van der Waals surface area contributed by atoms with Crippen LogP contribution in [0.5, 0.6) is 0 Å². The molecule has 0 spiro atoms. The molecule has 0 radical (unpaired) electrons. The third-order valence-electron chi connectivity index (χ3n) is 20.4. The van der Waals surface area contributed by atoms with E-state index in [0.29, 0.717) is 0 Å². The zero-order chi connectivity index (χ0) is 63.7. The average Bonchev–Trinajstić information content (AvgIpc) is 3.53. The van der Waals surface area contributed by atoms with Crippen molar-refractivity contribution < 1.29 is 9.90 Å². The molecule has 0 aliphatic heterocycles. The van der Waals surface area contributed by atoms with Crippen LogP contribution in [0.25, 0.3) is 0 Å². The Morgan fingerprint density at radius 3 is 0.427 bits per heavy atom. The van der Waals surface area contributed by atoms with Crippen LogP contribution < -0.4 is 16.0 Å². The highest BCUT2D eigenvalue weighted by molar-refractivity contribution is 5.66. The summed E-state index contributed by atoms with van der Waals surface area (Å²) in [6, 6.07) is 0. The van der Waals surface area contributed by atoms with E-state index in [4.69, 9.17) is 5.11 Å². The molecule has 0 aliphatic carbocycles. The van der Waals surface area contributed by atoms with E-state index in [1.54, 1.807) is 0 Å². The molecule has 0 aromatic carbocycles. The molecule has 4 N–H and O–H groups in total. The normalized spacial score (nSPS) is 11.7. The zero-order valence-corrected chi connectivity index (χ0v) is 61.8. The molecule has 5 nitrogen and oxygen atoms in total. The highest BCUT2D eigenvalue weighted by Crippen LogP contribution is 2.21. The van der Waals surface area contributed by atoms with E-state index in [2.05, 4.69) is 22.9 Å². The third kappa shape index (κ3) is 87.3. The fourth-order valence-electron chi connectivity index (χ4n) is 14.1. The standard InChI is InChI=1S/C84H171N3O2/c1-2-3-4-5-6-7-8-9-10-11-12-13-14-15-16-17-18-19-20-21-22-23-24-25-26-27-28-29-30-31-32-33-34-35-36-37-38-39-40-41-42-43-44-45-46-47-48-49-50-51-52-53-54-55-56-57-58-59-60-61-62-63-64-65-66-67-68-69-70-71-73-78-85-80-75-76-81-87-83-82-86-79-74-72-77-84(88)89/h85-87H,2-83H2,1H3,(H,88,89). The van der Waals surface area contributed by atoms with E-state index >= 15 is 0 Å². The average molecular weight is 1260 g/mol. The highest BCUT2D eigenvalue weighted by atomic mass is 16.4. The van der Waals surface area contributed by atoms with Gasteiger partial charge < -0.3 is 21.1 Å². The quantitative estimate of drug-likeness (QED) is 0.0457. The van der Waals surface area contributed by atoms with E-state index in [1.807, 2.05) is 0 Å². The summed E-state index contributed by atoms with van der Waals surface area (Å²) in [6.07, 6.45) is 110. The Morgan fingerprint density at radius 1 is 0.169 bits per heavy atom. The van der Waals surface area contributed by atoms with Crippen LogP contribution >= 0.6 is 0 Å². The van der Waals surface area contributed by atoms with E-state index in [9.17, 15) is 4.79 Å². The lowest BCUT2D eigenvalue weighted by molar-refractivity contribution is -0.137. The van der Waals surface area contributed by atoms with E-state index in [-0.39, 0.29) is 6.42 Å². The van der Waals surface area contributed by atoms with Crippen molar-refractivity contribution in [1.82, 2.24) is 16.0 Å². The minimum Gasteiger partial charge on any atom is -0.481 e. The largest absolute Gasteiger partial charge is 0.481 e. The Hall–Kier alpha value is -0.650. The second-order valence-corrected chi connectivity index (χ2v) is 29.6. The second-order valence-electron chi connectivity index (χ2n) is 29.6. The Bertz CT molecular complexity index is 1210. The Labute approximate surface area is 563 Å². The van der Waals surface area contributed by atoms with Crippen LogP contribution in [0.4, 0.5) is 0 Å². The smallest absolute Gasteiger partial charge is 0.303 e. The Morgan fingerprint density at radius 2 is 0.281 bits per heavy atom. The number of rotatable bonds is 85. The molecular formula is C84H171N3O2. The van der Waals surface area contributed by atoms with Gasteiger partial charge in [-0.15, -0.1) is 0 Å². The summed E-state index contributed by atoms with van der Waals surface area (Å²) in [5, 5.41) is 19.2. The van der Waals surface area contributed by atoms with E-state index in [1.165, 1.54) is 475 Å². The van der Waals surface area contributed by atoms with Gasteiger partial charge in [-0.2, -0.15) is 0 Å². The minimum absolute atomic E-state index is 0.286. The van der Waals surface area contributed by atoms with Gasteiger partial charge in [-0.25, -0.2) is 0 Å². The number of carboxylic acid groups (broad SMARTS) is 1. The van der Waals surface area contributed by atoms with Crippen molar-refractivity contribution >= 4 is 5.97 Å². The summed E-state index contributed by atoms with van der Waals surface area (Å²) in [5.74, 6) is -0.690. The van der Waals surface area contributed by atoms with Gasteiger partial charge in [0, 0.05) is 19.5 Å². The molecule has 0 heterocycles. The van der Waals surface area contributed by atoms with Crippen molar-refractivity contribution in [2.45, 2.75) is 495 Å². The van der Waals surface area contributed by atoms with Gasteiger partial charge in [0.1, 0.15) is 0 Å². The maximum absolute atomic E-state index is 10.5. The van der Waals surface area contributed by atoms with E-state index in [0.717, 1.165) is 45.6 Å². The predicted molar refractivity (Wildman–Crippen MR) is 403 cm³/mol. The fourth-order valence-corrected chi connectivity index (χ4v) is 14.1. The van der Waals surface area contributed by atoms with Crippen LogP contribution in [0, 0.1) is 0 Å². The number of nitrogens with one attached hydrogen (secondary N) is 3. The highest BCUT2D eigenvalue weighted by Gasteiger charge is 2.03. The van der Waals surface area contributed by atoms with Gasteiger partial charge in [0.25, 0.3) is 0 Å². The molecule has 5 heteroatoms. The first-order valence-electron chi connectivity index (χ1n) is 42.6. The van der Waals surface area contributed by atoms with Crippen molar-refractivity contribution in [3.8, 4) is 0 Å². The summed E-state index contributed by atoms with van der Waals surface area (Å²) in [4.78, 5) is 10.5. The molecule has 0 rings (SSSR count). The topological polar surface area (TPSA) is 73.4 Å². The summed E-state index contributed by atoms with van der Waals surface area (Å²) >= 11 is 0. The van der Waals surface area contributed by atoms with Crippen LogP contribution in [-0.2, 0) is 4.79 Å². The van der Waals surface area contributed by atoms with Gasteiger partial charge in [0.15, 0.2) is 0 Å². The van der Waals surface area contributed by atoms with Crippen LogP contribution in [-0.4, -0.2) is 50.3 Å². The molecule has 0 aromatic heterocycles. The number of carbonyl (C=O) groups is 1. The molecule has 0 aliphatic rings. The molecule has 0 unspecified atom stereocenters. The first-order valence-corrected chi connectivity index (χ1v) is 42.6. The zero-order valence-electron chi connectivity index (χ0n) is 61.8. The van der Waals surface area contributed by atoms with Gasteiger partial charge in [-0.1, -0.05) is 456 Å². The van der Waals surface area contributed by atoms with Gasteiger partial charge in [0.2, 0.25) is 0 Å². The van der Waals surface area contributed by atoms with Crippen LogP contribution in [0.15, 0.2) is 0 Å². The maximum Gasteiger partial charge on any atom is 0.303 e. The minimum atomic E-state index is -0.690.